The number of benzene rings is 2. The van der Waals surface area contributed by atoms with Crippen LogP contribution in [0.25, 0.3) is 11.1 Å². The van der Waals surface area contributed by atoms with E-state index in [0.29, 0.717) is 13.2 Å². The van der Waals surface area contributed by atoms with Gasteiger partial charge in [0.2, 0.25) is 0 Å². The lowest BCUT2D eigenvalue weighted by molar-refractivity contribution is 0.0811. The van der Waals surface area contributed by atoms with Crippen molar-refractivity contribution in [1.29, 1.82) is 0 Å². The van der Waals surface area contributed by atoms with E-state index in [1.165, 1.54) is 33.4 Å². The minimum absolute atomic E-state index is 0.203. The molecule has 0 aliphatic heterocycles. The third-order valence-electron chi connectivity index (χ3n) is 4.51. The van der Waals surface area contributed by atoms with Crippen molar-refractivity contribution in [3.8, 4) is 11.1 Å². The second kappa shape index (κ2) is 5.28. The lowest BCUT2D eigenvalue weighted by Crippen LogP contribution is -2.36. The van der Waals surface area contributed by atoms with Crippen LogP contribution in [0.15, 0.2) is 36.4 Å². The van der Waals surface area contributed by atoms with Crippen molar-refractivity contribution in [2.75, 3.05) is 27.4 Å². The van der Waals surface area contributed by atoms with Crippen molar-refractivity contribution in [2.24, 2.45) is 0 Å². The van der Waals surface area contributed by atoms with Gasteiger partial charge >= 0.3 is 0 Å². The summed E-state index contributed by atoms with van der Waals surface area (Å²) in [5.74, 6) is 0. The first-order valence-corrected chi connectivity index (χ1v) is 7.33. The molecular formula is C19H22O2. The largest absolute Gasteiger partial charge is 0.383 e. The van der Waals surface area contributed by atoms with Crippen LogP contribution in [-0.4, -0.2) is 27.4 Å². The normalized spacial score (nSPS) is 14.9. The SMILES string of the molecule is COCC1(COC)c2cc(C)ccc2-c2cccc(C)c21. The Morgan fingerprint density at radius 2 is 1.62 bits per heavy atom. The zero-order chi connectivity index (χ0) is 15.0. The van der Waals surface area contributed by atoms with Gasteiger partial charge in [-0.25, -0.2) is 0 Å². The topological polar surface area (TPSA) is 18.5 Å². The average molecular weight is 282 g/mol. The molecule has 0 amide bonds. The fourth-order valence-electron chi connectivity index (χ4n) is 3.79. The maximum absolute atomic E-state index is 5.61. The maximum Gasteiger partial charge on any atom is 0.0683 e. The molecule has 2 aromatic rings. The van der Waals surface area contributed by atoms with Gasteiger partial charge in [-0.3, -0.25) is 0 Å². The van der Waals surface area contributed by atoms with Crippen molar-refractivity contribution in [1.82, 2.24) is 0 Å². The van der Waals surface area contributed by atoms with Gasteiger partial charge in [0.15, 0.2) is 0 Å². The molecule has 0 radical (unpaired) electrons. The number of fused-ring (bicyclic) bond motifs is 3. The van der Waals surface area contributed by atoms with Crippen LogP contribution in [0.2, 0.25) is 0 Å². The van der Waals surface area contributed by atoms with E-state index in [1.807, 2.05) is 0 Å². The molecule has 21 heavy (non-hydrogen) atoms. The fourth-order valence-corrected chi connectivity index (χ4v) is 3.79. The molecule has 1 aliphatic rings. The van der Waals surface area contributed by atoms with Crippen molar-refractivity contribution in [3.63, 3.8) is 0 Å². The minimum atomic E-state index is -0.203. The van der Waals surface area contributed by atoms with Crippen molar-refractivity contribution in [2.45, 2.75) is 19.3 Å². The quantitative estimate of drug-likeness (QED) is 0.847. The first-order valence-electron chi connectivity index (χ1n) is 7.33. The average Bonchev–Trinajstić information content (AvgIpc) is 2.72. The summed E-state index contributed by atoms with van der Waals surface area (Å²) in [5.41, 5.74) is 7.69. The molecule has 0 atom stereocenters. The first kappa shape index (κ1) is 14.3. The predicted molar refractivity (Wildman–Crippen MR) is 85.9 cm³/mol. The van der Waals surface area contributed by atoms with Gasteiger partial charge < -0.3 is 9.47 Å². The summed E-state index contributed by atoms with van der Waals surface area (Å²) in [7, 11) is 3.53. The summed E-state index contributed by atoms with van der Waals surface area (Å²) in [4.78, 5) is 0. The van der Waals surface area contributed by atoms with Crippen LogP contribution >= 0.6 is 0 Å². The van der Waals surface area contributed by atoms with Gasteiger partial charge in [-0.2, -0.15) is 0 Å². The monoisotopic (exact) mass is 282 g/mol. The Bertz CT molecular complexity index is 667. The molecule has 0 heterocycles. The lowest BCUT2D eigenvalue weighted by atomic mass is 9.77. The molecule has 0 saturated carbocycles. The molecule has 0 N–H and O–H groups in total. The molecule has 0 spiro atoms. The Kier molecular flexibility index (Phi) is 3.60. The second-order valence-electron chi connectivity index (χ2n) is 5.99. The van der Waals surface area contributed by atoms with Gasteiger partial charge in [0.25, 0.3) is 0 Å². The van der Waals surface area contributed by atoms with E-state index in [1.54, 1.807) is 14.2 Å². The third kappa shape index (κ3) is 2.02. The van der Waals surface area contributed by atoms with Crippen LogP contribution in [0, 0.1) is 13.8 Å². The van der Waals surface area contributed by atoms with Crippen molar-refractivity contribution >= 4 is 0 Å². The Morgan fingerprint density at radius 3 is 2.29 bits per heavy atom. The van der Waals surface area contributed by atoms with E-state index in [-0.39, 0.29) is 5.41 Å². The summed E-state index contributed by atoms with van der Waals surface area (Å²) in [6, 6.07) is 13.2. The maximum atomic E-state index is 5.61. The van der Waals surface area contributed by atoms with Crippen LogP contribution in [0.1, 0.15) is 22.3 Å². The molecule has 0 bridgehead atoms. The molecule has 2 nitrogen and oxygen atoms in total. The van der Waals surface area contributed by atoms with Crippen molar-refractivity contribution in [3.05, 3.63) is 58.7 Å². The molecule has 3 rings (SSSR count). The number of rotatable bonds is 4. The zero-order valence-electron chi connectivity index (χ0n) is 13.2. The number of methoxy groups -OCH3 is 2. The lowest BCUT2D eigenvalue weighted by Gasteiger charge is -2.31. The van der Waals surface area contributed by atoms with Gasteiger partial charge in [-0.15, -0.1) is 0 Å². The van der Waals surface area contributed by atoms with E-state index in [9.17, 15) is 0 Å². The van der Waals surface area contributed by atoms with Gasteiger partial charge in [0.1, 0.15) is 0 Å². The molecular weight excluding hydrogens is 260 g/mol. The van der Waals surface area contributed by atoms with E-state index in [2.05, 4.69) is 50.2 Å². The summed E-state index contributed by atoms with van der Waals surface area (Å²) in [6.45, 7) is 5.59. The molecule has 0 fully saturated rings. The summed E-state index contributed by atoms with van der Waals surface area (Å²) in [6.07, 6.45) is 0. The van der Waals surface area contributed by atoms with Crippen LogP contribution in [0.3, 0.4) is 0 Å². The van der Waals surface area contributed by atoms with E-state index < -0.39 is 0 Å². The number of hydrogen-bond donors (Lipinski definition) is 0. The molecule has 0 unspecified atom stereocenters. The highest BCUT2D eigenvalue weighted by Gasteiger charge is 2.44. The number of ether oxygens (including phenoxy) is 2. The third-order valence-corrected chi connectivity index (χ3v) is 4.51. The summed E-state index contributed by atoms with van der Waals surface area (Å²) >= 11 is 0. The van der Waals surface area contributed by atoms with Crippen LogP contribution in [-0.2, 0) is 14.9 Å². The summed E-state index contributed by atoms with van der Waals surface area (Å²) in [5, 5.41) is 0. The highest BCUT2D eigenvalue weighted by Crippen LogP contribution is 2.50. The second-order valence-corrected chi connectivity index (χ2v) is 5.99. The Balaban J connectivity index is 2.35. The van der Waals surface area contributed by atoms with Gasteiger partial charge in [0.05, 0.1) is 18.6 Å². The van der Waals surface area contributed by atoms with E-state index >= 15 is 0 Å². The smallest absolute Gasteiger partial charge is 0.0683 e. The fraction of sp³-hybridized carbons (Fsp3) is 0.368. The van der Waals surface area contributed by atoms with Crippen LogP contribution in [0.5, 0.6) is 0 Å². The predicted octanol–water partition coefficient (Wildman–Crippen LogP) is 3.86. The Morgan fingerprint density at radius 1 is 0.905 bits per heavy atom. The Labute approximate surface area is 126 Å². The standard InChI is InChI=1S/C19H22O2/c1-13-8-9-15-16-7-5-6-14(2)18(16)19(11-20-3,12-21-4)17(15)10-13/h5-10H,11-12H2,1-4H3. The van der Waals surface area contributed by atoms with Gasteiger partial charge in [-0.05, 0) is 41.7 Å². The molecule has 0 saturated heterocycles. The van der Waals surface area contributed by atoms with Crippen LogP contribution < -0.4 is 0 Å². The zero-order valence-corrected chi connectivity index (χ0v) is 13.2. The van der Waals surface area contributed by atoms with E-state index in [0.717, 1.165) is 0 Å². The molecule has 1 aliphatic carbocycles. The highest BCUT2D eigenvalue weighted by molar-refractivity contribution is 5.82. The van der Waals surface area contributed by atoms with E-state index in [4.69, 9.17) is 9.47 Å². The molecule has 110 valence electrons. The minimum Gasteiger partial charge on any atom is -0.383 e. The number of hydrogen-bond acceptors (Lipinski definition) is 2. The molecule has 0 aromatic heterocycles. The first-order chi connectivity index (χ1) is 10.1. The molecule has 2 heteroatoms. The molecule has 2 aromatic carbocycles. The van der Waals surface area contributed by atoms with Gasteiger partial charge in [-0.1, -0.05) is 42.0 Å². The highest BCUT2D eigenvalue weighted by atomic mass is 16.5. The van der Waals surface area contributed by atoms with Crippen molar-refractivity contribution < 1.29 is 9.47 Å². The van der Waals surface area contributed by atoms with Crippen LogP contribution in [0.4, 0.5) is 0 Å². The van der Waals surface area contributed by atoms with Gasteiger partial charge in [0, 0.05) is 14.2 Å². The summed E-state index contributed by atoms with van der Waals surface area (Å²) < 4.78 is 11.2. The Hall–Kier alpha value is -1.64. The number of aryl methyl sites for hydroxylation is 2.